The first-order valence-electron chi connectivity index (χ1n) is 10.9. The second-order valence-electron chi connectivity index (χ2n) is 8.10. The highest BCUT2D eigenvalue weighted by molar-refractivity contribution is 6.06. The van der Waals surface area contributed by atoms with Crippen molar-refractivity contribution in [3.63, 3.8) is 0 Å². The van der Waals surface area contributed by atoms with E-state index in [0.717, 1.165) is 17.9 Å². The van der Waals surface area contributed by atoms with Crippen molar-refractivity contribution < 1.29 is 19.1 Å². The van der Waals surface area contributed by atoms with Gasteiger partial charge < -0.3 is 20.1 Å². The molecule has 6 nitrogen and oxygen atoms in total. The molecule has 1 aliphatic carbocycles. The zero-order valence-corrected chi connectivity index (χ0v) is 18.6. The predicted octanol–water partition coefficient (Wildman–Crippen LogP) is 4.96. The summed E-state index contributed by atoms with van der Waals surface area (Å²) in [5.41, 5.74) is 2.48. The Morgan fingerprint density at radius 2 is 1.58 bits per heavy atom. The molecule has 1 saturated carbocycles. The van der Waals surface area contributed by atoms with E-state index < -0.39 is 0 Å². The normalized spacial score (nSPS) is 14.0. The maximum Gasteiger partial charge on any atom is 0.255 e. The van der Waals surface area contributed by atoms with Gasteiger partial charge in [-0.15, -0.1) is 0 Å². The van der Waals surface area contributed by atoms with Crippen molar-refractivity contribution in [3.05, 3.63) is 53.1 Å². The lowest BCUT2D eigenvalue weighted by Crippen LogP contribution is -2.26. The smallest absolute Gasteiger partial charge is 0.255 e. The minimum atomic E-state index is -0.279. The minimum absolute atomic E-state index is 0.113. The molecular weight excluding hydrogens is 392 g/mol. The van der Waals surface area contributed by atoms with Crippen LogP contribution in [0.3, 0.4) is 0 Å². The Labute approximate surface area is 184 Å². The Morgan fingerprint density at radius 3 is 2.29 bits per heavy atom. The number of hydrogen-bond acceptors (Lipinski definition) is 4. The summed E-state index contributed by atoms with van der Waals surface area (Å²) >= 11 is 0. The molecule has 0 spiro atoms. The monoisotopic (exact) mass is 424 g/mol. The molecule has 31 heavy (non-hydrogen) atoms. The molecule has 0 aliphatic heterocycles. The molecule has 0 radical (unpaired) electrons. The zero-order chi connectivity index (χ0) is 22.2. The number of rotatable bonds is 8. The number of carbonyl (C=O) groups excluding carboxylic acids is 2. The molecule has 1 aliphatic rings. The van der Waals surface area contributed by atoms with Crippen LogP contribution in [0, 0.1) is 12.8 Å². The summed E-state index contributed by atoms with van der Waals surface area (Å²) in [6, 6.07) is 10.4. The Bertz CT molecular complexity index is 920. The van der Waals surface area contributed by atoms with Crippen LogP contribution in [0.4, 0.5) is 5.69 Å². The van der Waals surface area contributed by atoms with Gasteiger partial charge in [-0.25, -0.2) is 0 Å². The quantitative estimate of drug-likeness (QED) is 0.628. The summed E-state index contributed by atoms with van der Waals surface area (Å²) in [5.74, 6) is 1.37. The number of anilines is 1. The highest BCUT2D eigenvalue weighted by atomic mass is 16.5. The van der Waals surface area contributed by atoms with Gasteiger partial charge >= 0.3 is 0 Å². The molecule has 0 aromatic heterocycles. The average molecular weight is 425 g/mol. The first-order chi connectivity index (χ1) is 15.0. The molecule has 6 heteroatoms. The summed E-state index contributed by atoms with van der Waals surface area (Å²) in [6.45, 7) is 2.58. The number of ether oxygens (including phenoxy) is 2. The van der Waals surface area contributed by atoms with Crippen LogP contribution in [-0.2, 0) is 0 Å². The topological polar surface area (TPSA) is 76.7 Å². The maximum absolute atomic E-state index is 12.8. The first-order valence-corrected chi connectivity index (χ1v) is 10.9. The van der Waals surface area contributed by atoms with Crippen LogP contribution in [0.25, 0.3) is 0 Å². The van der Waals surface area contributed by atoms with E-state index in [1.165, 1.54) is 39.2 Å². The van der Waals surface area contributed by atoms with Crippen molar-refractivity contribution in [1.29, 1.82) is 0 Å². The van der Waals surface area contributed by atoms with Crippen LogP contribution < -0.4 is 20.1 Å². The molecule has 0 heterocycles. The van der Waals surface area contributed by atoms with E-state index in [1.54, 1.807) is 37.4 Å². The third kappa shape index (κ3) is 6.00. The second-order valence-corrected chi connectivity index (χ2v) is 8.10. The molecule has 166 valence electrons. The highest BCUT2D eigenvalue weighted by Gasteiger charge is 2.16. The minimum Gasteiger partial charge on any atom is -0.493 e. The lowest BCUT2D eigenvalue weighted by molar-refractivity contribution is 0.0949. The fraction of sp³-hybridized carbons (Fsp3) is 0.440. The molecule has 2 aromatic rings. The van der Waals surface area contributed by atoms with Gasteiger partial charge in [0.15, 0.2) is 11.5 Å². The maximum atomic E-state index is 12.8. The van der Waals surface area contributed by atoms with E-state index in [-0.39, 0.29) is 11.8 Å². The summed E-state index contributed by atoms with van der Waals surface area (Å²) in [6.07, 6.45) is 7.52. The summed E-state index contributed by atoms with van der Waals surface area (Å²) in [7, 11) is 3.08. The SMILES string of the molecule is COc1ccc(C(=O)Nc2cc(C(=O)NCCC3CCCCC3)ccc2C)cc1OC. The summed E-state index contributed by atoms with van der Waals surface area (Å²) in [5, 5.41) is 5.93. The standard InChI is InChI=1S/C25H32N2O4/c1-17-9-10-19(24(28)26-14-13-18-7-5-4-6-8-18)15-21(17)27-25(29)20-11-12-22(30-2)23(16-20)31-3/h9-12,15-16,18H,4-8,13-14H2,1-3H3,(H,26,28)(H,27,29). The number of methoxy groups -OCH3 is 2. The van der Waals surface area contributed by atoms with E-state index in [2.05, 4.69) is 10.6 Å². The van der Waals surface area contributed by atoms with Gasteiger partial charge in [-0.2, -0.15) is 0 Å². The third-order valence-corrected chi connectivity index (χ3v) is 5.96. The number of amides is 2. The Balaban J connectivity index is 1.63. The van der Waals surface area contributed by atoms with Crippen molar-refractivity contribution >= 4 is 17.5 Å². The lowest BCUT2D eigenvalue weighted by atomic mass is 9.87. The Hall–Kier alpha value is -3.02. The molecule has 1 fully saturated rings. The number of aryl methyl sites for hydroxylation is 1. The van der Waals surface area contributed by atoms with Crippen LogP contribution in [0.2, 0.25) is 0 Å². The van der Waals surface area contributed by atoms with Gasteiger partial charge in [-0.3, -0.25) is 9.59 Å². The van der Waals surface area contributed by atoms with Gasteiger partial charge in [0.25, 0.3) is 11.8 Å². The Morgan fingerprint density at radius 1 is 0.903 bits per heavy atom. The summed E-state index contributed by atoms with van der Waals surface area (Å²) in [4.78, 5) is 25.4. The first kappa shape index (κ1) is 22.7. The van der Waals surface area contributed by atoms with Crippen molar-refractivity contribution in [2.75, 3.05) is 26.1 Å². The molecule has 0 unspecified atom stereocenters. The van der Waals surface area contributed by atoms with Crippen LogP contribution in [0.1, 0.15) is 64.8 Å². The van der Waals surface area contributed by atoms with Crippen molar-refractivity contribution in [1.82, 2.24) is 5.32 Å². The van der Waals surface area contributed by atoms with Crippen molar-refractivity contribution in [2.45, 2.75) is 45.4 Å². The van der Waals surface area contributed by atoms with Gasteiger partial charge in [0.2, 0.25) is 0 Å². The van der Waals surface area contributed by atoms with Crippen LogP contribution >= 0.6 is 0 Å². The Kier molecular flexibility index (Phi) is 7.93. The molecule has 0 saturated heterocycles. The van der Waals surface area contributed by atoms with Gasteiger partial charge in [0, 0.05) is 23.4 Å². The molecular formula is C25H32N2O4. The fourth-order valence-corrected chi connectivity index (χ4v) is 4.04. The summed E-state index contributed by atoms with van der Waals surface area (Å²) < 4.78 is 10.5. The number of benzene rings is 2. The van der Waals surface area contributed by atoms with E-state index >= 15 is 0 Å². The van der Waals surface area contributed by atoms with Crippen LogP contribution in [0.15, 0.2) is 36.4 Å². The van der Waals surface area contributed by atoms with Crippen LogP contribution in [0.5, 0.6) is 11.5 Å². The van der Waals surface area contributed by atoms with Gasteiger partial charge in [-0.05, 0) is 55.2 Å². The zero-order valence-electron chi connectivity index (χ0n) is 18.6. The highest BCUT2D eigenvalue weighted by Crippen LogP contribution is 2.28. The van der Waals surface area contributed by atoms with Gasteiger partial charge in [0.05, 0.1) is 14.2 Å². The largest absolute Gasteiger partial charge is 0.493 e. The van der Waals surface area contributed by atoms with Gasteiger partial charge in [0.1, 0.15) is 0 Å². The molecule has 0 atom stereocenters. The molecule has 2 N–H and O–H groups in total. The third-order valence-electron chi connectivity index (χ3n) is 5.96. The molecule has 2 amide bonds. The molecule has 0 bridgehead atoms. The number of nitrogens with one attached hydrogen (secondary N) is 2. The predicted molar refractivity (Wildman–Crippen MR) is 122 cm³/mol. The van der Waals surface area contributed by atoms with Crippen LogP contribution in [-0.4, -0.2) is 32.6 Å². The molecule has 2 aromatic carbocycles. The lowest BCUT2D eigenvalue weighted by Gasteiger charge is -2.21. The van der Waals surface area contributed by atoms with Gasteiger partial charge in [-0.1, -0.05) is 38.2 Å². The van der Waals surface area contributed by atoms with E-state index in [9.17, 15) is 9.59 Å². The van der Waals surface area contributed by atoms with E-state index in [1.807, 2.05) is 13.0 Å². The number of hydrogen-bond donors (Lipinski definition) is 2. The number of carbonyl (C=O) groups is 2. The van der Waals surface area contributed by atoms with E-state index in [0.29, 0.717) is 34.9 Å². The van der Waals surface area contributed by atoms with Crippen molar-refractivity contribution in [3.8, 4) is 11.5 Å². The van der Waals surface area contributed by atoms with Crippen molar-refractivity contribution in [2.24, 2.45) is 5.92 Å². The molecule has 3 rings (SSSR count). The van der Waals surface area contributed by atoms with E-state index in [4.69, 9.17) is 9.47 Å². The second kappa shape index (κ2) is 10.8. The fourth-order valence-electron chi connectivity index (χ4n) is 4.04. The average Bonchev–Trinajstić information content (AvgIpc) is 2.80.